The van der Waals surface area contributed by atoms with Gasteiger partial charge in [-0.1, -0.05) is 0 Å². The molecule has 1 atom stereocenters. The first-order valence-corrected chi connectivity index (χ1v) is 5.96. The molecule has 0 rings (SSSR count). The quantitative estimate of drug-likeness (QED) is 0.642. The summed E-state index contributed by atoms with van der Waals surface area (Å²) in [5.74, 6) is -0.469. The van der Waals surface area contributed by atoms with Crippen molar-refractivity contribution in [2.75, 3.05) is 6.26 Å². The highest BCUT2D eigenvalue weighted by molar-refractivity contribution is 7.89. The molecule has 0 heterocycles. The molecule has 78 valence electrons. The van der Waals surface area contributed by atoms with Crippen LogP contribution in [-0.4, -0.2) is 26.6 Å². The fraction of sp³-hybridized carbons (Fsp3) is 0.857. The SMILES string of the molecule is CC(N)CCCC(=O)NS(C)(=O)=O. The molecule has 0 spiro atoms. The van der Waals surface area contributed by atoms with Crippen molar-refractivity contribution in [1.82, 2.24) is 4.72 Å². The van der Waals surface area contributed by atoms with Crippen molar-refractivity contribution in [3.05, 3.63) is 0 Å². The highest BCUT2D eigenvalue weighted by Gasteiger charge is 2.07. The minimum Gasteiger partial charge on any atom is -0.328 e. The Morgan fingerprint density at radius 3 is 2.46 bits per heavy atom. The Morgan fingerprint density at radius 1 is 1.54 bits per heavy atom. The summed E-state index contributed by atoms with van der Waals surface area (Å²) < 4.78 is 23.0. The van der Waals surface area contributed by atoms with E-state index in [1.54, 1.807) is 0 Å². The van der Waals surface area contributed by atoms with Crippen LogP contribution in [0.4, 0.5) is 0 Å². The van der Waals surface area contributed by atoms with Crippen molar-refractivity contribution in [1.29, 1.82) is 0 Å². The van der Waals surface area contributed by atoms with Crippen molar-refractivity contribution in [2.45, 2.75) is 32.2 Å². The molecular weight excluding hydrogens is 192 g/mol. The summed E-state index contributed by atoms with van der Waals surface area (Å²) in [7, 11) is -3.40. The third-order valence-corrected chi connectivity index (χ3v) is 1.96. The Balaban J connectivity index is 3.65. The Hall–Kier alpha value is -0.620. The van der Waals surface area contributed by atoms with Gasteiger partial charge in [-0.15, -0.1) is 0 Å². The van der Waals surface area contributed by atoms with Gasteiger partial charge in [0.2, 0.25) is 15.9 Å². The van der Waals surface area contributed by atoms with Crippen LogP contribution in [-0.2, 0) is 14.8 Å². The first kappa shape index (κ1) is 12.4. The standard InChI is InChI=1S/C7H16N2O3S/c1-6(8)4-3-5-7(10)9-13(2,11)12/h6H,3-5,8H2,1-2H3,(H,9,10). The smallest absolute Gasteiger partial charge is 0.233 e. The molecule has 0 aromatic rings. The molecule has 1 amide bonds. The summed E-state index contributed by atoms with van der Waals surface area (Å²) in [6.45, 7) is 1.84. The second-order valence-electron chi connectivity index (χ2n) is 3.17. The molecular formula is C7H16N2O3S. The van der Waals surface area contributed by atoms with Gasteiger partial charge in [0.15, 0.2) is 0 Å². The zero-order valence-corrected chi connectivity index (χ0v) is 8.73. The second kappa shape index (κ2) is 5.18. The molecule has 6 heteroatoms. The topological polar surface area (TPSA) is 89.3 Å². The third-order valence-electron chi connectivity index (χ3n) is 1.36. The van der Waals surface area contributed by atoms with Gasteiger partial charge in [0.05, 0.1) is 6.26 Å². The average molecular weight is 208 g/mol. The molecule has 1 unspecified atom stereocenters. The minimum absolute atomic E-state index is 0.0473. The van der Waals surface area contributed by atoms with Gasteiger partial charge in [-0.2, -0.15) is 0 Å². The zero-order valence-electron chi connectivity index (χ0n) is 7.91. The molecule has 0 radical (unpaired) electrons. The normalized spacial score (nSPS) is 13.8. The fourth-order valence-electron chi connectivity index (χ4n) is 0.842. The lowest BCUT2D eigenvalue weighted by Gasteiger charge is -2.04. The van der Waals surface area contributed by atoms with E-state index in [9.17, 15) is 13.2 Å². The number of nitrogens with one attached hydrogen (secondary N) is 1. The van der Waals surface area contributed by atoms with Gasteiger partial charge in [-0.05, 0) is 19.8 Å². The van der Waals surface area contributed by atoms with Crippen LogP contribution < -0.4 is 10.5 Å². The number of carbonyl (C=O) groups excluding carboxylic acids is 1. The predicted molar refractivity (Wildman–Crippen MR) is 50.5 cm³/mol. The highest BCUT2D eigenvalue weighted by atomic mass is 32.2. The first-order valence-electron chi connectivity index (χ1n) is 4.07. The maximum absolute atomic E-state index is 10.9. The molecule has 0 aromatic heterocycles. The fourth-order valence-corrected chi connectivity index (χ4v) is 1.36. The molecule has 0 aromatic carbocycles. The lowest BCUT2D eigenvalue weighted by molar-refractivity contribution is -0.119. The van der Waals surface area contributed by atoms with E-state index < -0.39 is 15.9 Å². The van der Waals surface area contributed by atoms with Crippen LogP contribution in [0.1, 0.15) is 26.2 Å². The number of hydrogen-bond acceptors (Lipinski definition) is 4. The number of carbonyl (C=O) groups is 1. The van der Waals surface area contributed by atoms with Crippen LogP contribution in [0.25, 0.3) is 0 Å². The number of sulfonamides is 1. The van der Waals surface area contributed by atoms with Gasteiger partial charge in [-0.3, -0.25) is 9.52 Å². The summed E-state index contributed by atoms with van der Waals surface area (Å²) >= 11 is 0. The molecule has 0 saturated carbocycles. The van der Waals surface area contributed by atoms with Crippen LogP contribution in [0.5, 0.6) is 0 Å². The van der Waals surface area contributed by atoms with E-state index in [2.05, 4.69) is 0 Å². The van der Waals surface area contributed by atoms with Gasteiger partial charge in [0, 0.05) is 12.5 Å². The second-order valence-corrected chi connectivity index (χ2v) is 4.92. The van der Waals surface area contributed by atoms with Crippen LogP contribution in [0, 0.1) is 0 Å². The van der Waals surface area contributed by atoms with Crippen molar-refractivity contribution < 1.29 is 13.2 Å². The summed E-state index contributed by atoms with van der Waals surface area (Å²) in [4.78, 5) is 10.9. The zero-order chi connectivity index (χ0) is 10.5. The lowest BCUT2D eigenvalue weighted by Crippen LogP contribution is -2.29. The van der Waals surface area contributed by atoms with Crippen molar-refractivity contribution in [3.8, 4) is 0 Å². The Bertz CT molecular complexity index is 259. The maximum atomic E-state index is 10.9. The molecule has 3 N–H and O–H groups in total. The van der Waals surface area contributed by atoms with E-state index in [0.717, 1.165) is 12.7 Å². The summed E-state index contributed by atoms with van der Waals surface area (Å²) in [6, 6.07) is 0.0473. The maximum Gasteiger partial charge on any atom is 0.233 e. The molecule has 0 saturated heterocycles. The number of rotatable bonds is 5. The summed E-state index contributed by atoms with van der Waals surface area (Å²) in [5, 5.41) is 0. The van der Waals surface area contributed by atoms with Crippen molar-refractivity contribution in [3.63, 3.8) is 0 Å². The van der Waals surface area contributed by atoms with E-state index in [0.29, 0.717) is 6.42 Å². The van der Waals surface area contributed by atoms with E-state index in [4.69, 9.17) is 5.73 Å². The molecule has 0 aliphatic heterocycles. The van der Waals surface area contributed by atoms with Crippen LogP contribution in [0.2, 0.25) is 0 Å². The minimum atomic E-state index is -3.40. The third kappa shape index (κ3) is 9.29. The molecule has 0 bridgehead atoms. The summed E-state index contributed by atoms with van der Waals surface area (Å²) in [5.41, 5.74) is 5.46. The van der Waals surface area contributed by atoms with Crippen LogP contribution in [0.15, 0.2) is 0 Å². The summed E-state index contributed by atoms with van der Waals surface area (Å²) in [6.07, 6.45) is 2.49. The average Bonchev–Trinajstić information content (AvgIpc) is 1.81. The highest BCUT2D eigenvalue weighted by Crippen LogP contribution is 1.98. The van der Waals surface area contributed by atoms with Gasteiger partial charge < -0.3 is 5.73 Å². The van der Waals surface area contributed by atoms with Crippen molar-refractivity contribution >= 4 is 15.9 Å². The van der Waals surface area contributed by atoms with Gasteiger partial charge >= 0.3 is 0 Å². The predicted octanol–water partition coefficient (Wildman–Crippen LogP) is -0.420. The van der Waals surface area contributed by atoms with Crippen LogP contribution in [0.3, 0.4) is 0 Å². The number of hydrogen-bond donors (Lipinski definition) is 2. The number of nitrogens with two attached hydrogens (primary N) is 1. The molecule has 0 fully saturated rings. The molecule has 5 nitrogen and oxygen atoms in total. The van der Waals surface area contributed by atoms with Crippen molar-refractivity contribution in [2.24, 2.45) is 5.73 Å². The first-order chi connectivity index (χ1) is 5.81. The lowest BCUT2D eigenvalue weighted by atomic mass is 10.1. The van der Waals surface area contributed by atoms with Gasteiger partial charge in [0.1, 0.15) is 0 Å². The van der Waals surface area contributed by atoms with E-state index in [1.807, 2.05) is 11.6 Å². The van der Waals surface area contributed by atoms with Gasteiger partial charge in [-0.25, -0.2) is 8.42 Å². The monoisotopic (exact) mass is 208 g/mol. The Morgan fingerprint density at radius 2 is 2.08 bits per heavy atom. The number of amides is 1. The molecule has 0 aliphatic carbocycles. The largest absolute Gasteiger partial charge is 0.328 e. The molecule has 13 heavy (non-hydrogen) atoms. The Kier molecular flexibility index (Phi) is 4.94. The van der Waals surface area contributed by atoms with Gasteiger partial charge in [0.25, 0.3) is 0 Å². The Labute approximate surface area is 78.7 Å². The van der Waals surface area contributed by atoms with E-state index in [-0.39, 0.29) is 12.5 Å². The van der Waals surface area contributed by atoms with E-state index >= 15 is 0 Å². The molecule has 0 aliphatic rings. The van der Waals surface area contributed by atoms with E-state index in [1.165, 1.54) is 0 Å². The van der Waals surface area contributed by atoms with Crippen LogP contribution >= 0.6 is 0 Å².